The molecule has 1 nitrogen and oxygen atoms in total. The summed E-state index contributed by atoms with van der Waals surface area (Å²) in [7, 11) is 1.69. The third-order valence-electron chi connectivity index (χ3n) is 2.70. The SMILES string of the molecule is C=CC(CCCC)c1ccc(OC)cc1. The van der Waals surface area contributed by atoms with Crippen molar-refractivity contribution in [1.82, 2.24) is 0 Å². The second kappa shape index (κ2) is 6.28. The minimum atomic E-state index is 0.482. The number of unbranched alkanes of at least 4 members (excludes halogenated alkanes) is 1. The van der Waals surface area contributed by atoms with E-state index >= 15 is 0 Å². The van der Waals surface area contributed by atoms with E-state index in [2.05, 4.69) is 25.6 Å². The van der Waals surface area contributed by atoms with E-state index in [9.17, 15) is 0 Å². The van der Waals surface area contributed by atoms with Crippen molar-refractivity contribution in [2.75, 3.05) is 7.11 Å². The highest BCUT2D eigenvalue weighted by Crippen LogP contribution is 2.24. The highest BCUT2D eigenvalue weighted by Gasteiger charge is 2.06. The number of methoxy groups -OCH3 is 1. The van der Waals surface area contributed by atoms with E-state index < -0.39 is 0 Å². The first-order valence-corrected chi connectivity index (χ1v) is 5.58. The van der Waals surface area contributed by atoms with E-state index in [-0.39, 0.29) is 0 Å². The van der Waals surface area contributed by atoms with Crippen LogP contribution in [0.3, 0.4) is 0 Å². The molecule has 1 rings (SSSR count). The van der Waals surface area contributed by atoms with Gasteiger partial charge < -0.3 is 4.74 Å². The Labute approximate surface area is 92.8 Å². The first-order chi connectivity index (χ1) is 7.31. The average molecular weight is 204 g/mol. The molecule has 0 fully saturated rings. The lowest BCUT2D eigenvalue weighted by molar-refractivity contribution is 0.414. The molecule has 0 amide bonds. The number of benzene rings is 1. The van der Waals surface area contributed by atoms with Crippen LogP contribution in [-0.4, -0.2) is 7.11 Å². The molecule has 15 heavy (non-hydrogen) atoms. The Morgan fingerprint density at radius 3 is 2.47 bits per heavy atom. The molecule has 0 bridgehead atoms. The van der Waals surface area contributed by atoms with Crippen LogP contribution in [0, 0.1) is 0 Å². The Morgan fingerprint density at radius 2 is 2.00 bits per heavy atom. The number of hydrogen-bond donors (Lipinski definition) is 0. The topological polar surface area (TPSA) is 9.23 Å². The summed E-state index contributed by atoms with van der Waals surface area (Å²) in [5.41, 5.74) is 1.33. The monoisotopic (exact) mass is 204 g/mol. The van der Waals surface area contributed by atoms with E-state index in [1.807, 2.05) is 18.2 Å². The molecule has 1 heteroatoms. The smallest absolute Gasteiger partial charge is 0.118 e. The Hall–Kier alpha value is -1.24. The van der Waals surface area contributed by atoms with Gasteiger partial charge in [-0.15, -0.1) is 6.58 Å². The first kappa shape index (κ1) is 11.8. The van der Waals surface area contributed by atoms with E-state index in [0.29, 0.717) is 5.92 Å². The zero-order valence-corrected chi connectivity index (χ0v) is 9.70. The molecule has 0 saturated heterocycles. The fourth-order valence-electron chi connectivity index (χ4n) is 1.70. The lowest BCUT2D eigenvalue weighted by Gasteiger charge is -2.12. The van der Waals surface area contributed by atoms with Crippen molar-refractivity contribution in [3.8, 4) is 5.75 Å². The van der Waals surface area contributed by atoms with Gasteiger partial charge in [0, 0.05) is 5.92 Å². The van der Waals surface area contributed by atoms with Crippen LogP contribution in [0.1, 0.15) is 37.7 Å². The summed E-state index contributed by atoms with van der Waals surface area (Å²) in [6.45, 7) is 6.12. The molecular weight excluding hydrogens is 184 g/mol. The summed E-state index contributed by atoms with van der Waals surface area (Å²) < 4.78 is 5.14. The molecule has 0 spiro atoms. The maximum absolute atomic E-state index is 5.14. The number of ether oxygens (including phenoxy) is 1. The third-order valence-corrected chi connectivity index (χ3v) is 2.70. The molecule has 0 aromatic heterocycles. The van der Waals surface area contributed by atoms with Gasteiger partial charge in [0.15, 0.2) is 0 Å². The molecule has 82 valence electrons. The minimum absolute atomic E-state index is 0.482. The molecule has 0 radical (unpaired) electrons. The summed E-state index contributed by atoms with van der Waals surface area (Å²) in [5.74, 6) is 1.40. The fourth-order valence-corrected chi connectivity index (χ4v) is 1.70. The molecule has 0 heterocycles. The largest absolute Gasteiger partial charge is 0.497 e. The number of allylic oxidation sites excluding steroid dienone is 1. The van der Waals surface area contributed by atoms with Gasteiger partial charge >= 0.3 is 0 Å². The van der Waals surface area contributed by atoms with Gasteiger partial charge in [-0.2, -0.15) is 0 Å². The van der Waals surface area contributed by atoms with Gasteiger partial charge in [0.25, 0.3) is 0 Å². The zero-order chi connectivity index (χ0) is 11.1. The Morgan fingerprint density at radius 1 is 1.33 bits per heavy atom. The molecule has 1 unspecified atom stereocenters. The van der Waals surface area contributed by atoms with Gasteiger partial charge in [0.1, 0.15) is 5.75 Å². The van der Waals surface area contributed by atoms with Crippen molar-refractivity contribution >= 4 is 0 Å². The summed E-state index contributed by atoms with van der Waals surface area (Å²) in [6.07, 6.45) is 5.72. The summed E-state index contributed by atoms with van der Waals surface area (Å²) >= 11 is 0. The predicted octanol–water partition coefficient (Wildman–Crippen LogP) is 4.16. The molecule has 1 aromatic rings. The molecule has 0 saturated carbocycles. The molecule has 0 aliphatic heterocycles. The van der Waals surface area contributed by atoms with E-state index in [0.717, 1.165) is 5.75 Å². The first-order valence-electron chi connectivity index (χ1n) is 5.58. The molecule has 1 atom stereocenters. The highest BCUT2D eigenvalue weighted by molar-refractivity contribution is 5.31. The lowest BCUT2D eigenvalue weighted by atomic mass is 9.94. The number of hydrogen-bond acceptors (Lipinski definition) is 1. The third kappa shape index (κ3) is 3.43. The fraction of sp³-hybridized carbons (Fsp3) is 0.429. The summed E-state index contributed by atoms with van der Waals surface area (Å²) in [6, 6.07) is 8.28. The van der Waals surface area contributed by atoms with E-state index in [1.165, 1.54) is 24.8 Å². The predicted molar refractivity (Wildman–Crippen MR) is 65.5 cm³/mol. The zero-order valence-electron chi connectivity index (χ0n) is 9.70. The van der Waals surface area contributed by atoms with Gasteiger partial charge in [0.05, 0.1) is 7.11 Å². The van der Waals surface area contributed by atoms with Crippen LogP contribution in [0.25, 0.3) is 0 Å². The molecular formula is C14H20O. The molecule has 0 aliphatic carbocycles. The summed E-state index contributed by atoms with van der Waals surface area (Å²) in [4.78, 5) is 0. The Kier molecular flexibility index (Phi) is 4.96. The van der Waals surface area contributed by atoms with Gasteiger partial charge in [-0.1, -0.05) is 38.0 Å². The van der Waals surface area contributed by atoms with Crippen LogP contribution >= 0.6 is 0 Å². The van der Waals surface area contributed by atoms with Crippen LogP contribution < -0.4 is 4.74 Å². The van der Waals surface area contributed by atoms with Crippen molar-refractivity contribution in [1.29, 1.82) is 0 Å². The van der Waals surface area contributed by atoms with Crippen LogP contribution in [0.5, 0.6) is 5.75 Å². The van der Waals surface area contributed by atoms with Gasteiger partial charge in [-0.05, 0) is 24.1 Å². The minimum Gasteiger partial charge on any atom is -0.497 e. The van der Waals surface area contributed by atoms with Crippen molar-refractivity contribution in [2.24, 2.45) is 0 Å². The molecule has 0 N–H and O–H groups in total. The normalized spacial score (nSPS) is 12.1. The van der Waals surface area contributed by atoms with Crippen LogP contribution in [0.4, 0.5) is 0 Å². The second-order valence-electron chi connectivity index (χ2n) is 3.76. The van der Waals surface area contributed by atoms with E-state index in [1.54, 1.807) is 7.11 Å². The van der Waals surface area contributed by atoms with Gasteiger partial charge in [-0.3, -0.25) is 0 Å². The maximum Gasteiger partial charge on any atom is 0.118 e. The van der Waals surface area contributed by atoms with Gasteiger partial charge in [0.2, 0.25) is 0 Å². The van der Waals surface area contributed by atoms with E-state index in [4.69, 9.17) is 4.74 Å². The Balaban J connectivity index is 2.69. The van der Waals surface area contributed by atoms with Crippen LogP contribution in [0.15, 0.2) is 36.9 Å². The van der Waals surface area contributed by atoms with Crippen LogP contribution in [-0.2, 0) is 0 Å². The maximum atomic E-state index is 5.14. The van der Waals surface area contributed by atoms with Crippen molar-refractivity contribution in [3.05, 3.63) is 42.5 Å². The number of rotatable bonds is 6. The lowest BCUT2D eigenvalue weighted by Crippen LogP contribution is -1.95. The van der Waals surface area contributed by atoms with Gasteiger partial charge in [-0.25, -0.2) is 0 Å². The highest BCUT2D eigenvalue weighted by atomic mass is 16.5. The Bertz CT molecular complexity index is 287. The quantitative estimate of drug-likeness (QED) is 0.632. The summed E-state index contributed by atoms with van der Waals surface area (Å²) in [5, 5.41) is 0. The van der Waals surface area contributed by atoms with Crippen molar-refractivity contribution in [2.45, 2.75) is 32.1 Å². The van der Waals surface area contributed by atoms with Crippen molar-refractivity contribution < 1.29 is 4.74 Å². The van der Waals surface area contributed by atoms with Crippen LogP contribution in [0.2, 0.25) is 0 Å². The second-order valence-corrected chi connectivity index (χ2v) is 3.76. The standard InChI is InChI=1S/C14H20O/c1-4-6-7-12(5-2)13-8-10-14(15-3)11-9-13/h5,8-12H,2,4,6-7H2,1,3H3. The molecule has 1 aromatic carbocycles. The average Bonchev–Trinajstić information content (AvgIpc) is 2.31. The molecule has 0 aliphatic rings. The van der Waals surface area contributed by atoms with Crippen molar-refractivity contribution in [3.63, 3.8) is 0 Å².